The molecule has 1 amide bonds. The van der Waals surface area contributed by atoms with Gasteiger partial charge in [0.25, 0.3) is 5.91 Å². The molecule has 0 spiro atoms. The Hall–Kier alpha value is -1.07. The SMILES string of the molecule is Cc1sc(C(=O)N2CCC3C(CCCN3C)C2)cc1N. The van der Waals surface area contributed by atoms with E-state index in [9.17, 15) is 4.79 Å². The molecule has 20 heavy (non-hydrogen) atoms. The van der Waals surface area contributed by atoms with Crippen LogP contribution in [0.4, 0.5) is 5.69 Å². The highest BCUT2D eigenvalue weighted by molar-refractivity contribution is 7.14. The van der Waals surface area contributed by atoms with Crippen molar-refractivity contribution in [2.24, 2.45) is 5.92 Å². The molecule has 2 unspecified atom stereocenters. The highest BCUT2D eigenvalue weighted by Crippen LogP contribution is 2.31. The van der Waals surface area contributed by atoms with E-state index in [1.165, 1.54) is 30.7 Å². The van der Waals surface area contributed by atoms with Gasteiger partial charge in [0.15, 0.2) is 0 Å². The Kier molecular flexibility index (Phi) is 3.73. The van der Waals surface area contributed by atoms with Gasteiger partial charge in [-0.15, -0.1) is 11.3 Å². The van der Waals surface area contributed by atoms with Crippen molar-refractivity contribution < 1.29 is 4.79 Å². The molecule has 2 atom stereocenters. The predicted molar refractivity (Wildman–Crippen MR) is 83.1 cm³/mol. The average Bonchev–Trinajstić information content (AvgIpc) is 2.78. The highest BCUT2D eigenvalue weighted by Gasteiger charge is 2.36. The van der Waals surface area contributed by atoms with Crippen molar-refractivity contribution in [1.29, 1.82) is 0 Å². The number of anilines is 1. The number of amides is 1. The van der Waals surface area contributed by atoms with Crippen LogP contribution < -0.4 is 5.73 Å². The maximum atomic E-state index is 12.6. The number of likely N-dealkylation sites (tertiary alicyclic amines) is 2. The minimum atomic E-state index is 0.168. The monoisotopic (exact) mass is 293 g/mol. The molecule has 2 N–H and O–H groups in total. The van der Waals surface area contributed by atoms with E-state index < -0.39 is 0 Å². The second-order valence-electron chi connectivity index (χ2n) is 6.11. The Balaban J connectivity index is 1.71. The Morgan fingerprint density at radius 2 is 2.20 bits per heavy atom. The number of thiophene rings is 1. The number of rotatable bonds is 1. The van der Waals surface area contributed by atoms with Gasteiger partial charge in [0.05, 0.1) is 4.88 Å². The molecule has 4 nitrogen and oxygen atoms in total. The Morgan fingerprint density at radius 3 is 2.90 bits per heavy atom. The first-order valence-corrected chi connectivity index (χ1v) is 8.23. The van der Waals surface area contributed by atoms with Gasteiger partial charge >= 0.3 is 0 Å². The largest absolute Gasteiger partial charge is 0.398 e. The lowest BCUT2D eigenvalue weighted by atomic mass is 9.84. The molecule has 110 valence electrons. The summed E-state index contributed by atoms with van der Waals surface area (Å²) in [4.78, 5) is 18.9. The van der Waals surface area contributed by atoms with Gasteiger partial charge in [-0.1, -0.05) is 0 Å². The second kappa shape index (κ2) is 5.37. The third kappa shape index (κ3) is 2.44. The lowest BCUT2D eigenvalue weighted by Gasteiger charge is -2.45. The lowest BCUT2D eigenvalue weighted by Crippen LogP contribution is -2.53. The maximum Gasteiger partial charge on any atom is 0.264 e. The summed E-state index contributed by atoms with van der Waals surface area (Å²) in [5.74, 6) is 0.811. The minimum absolute atomic E-state index is 0.168. The first kappa shape index (κ1) is 13.9. The molecule has 2 saturated heterocycles. The number of carbonyl (C=O) groups is 1. The van der Waals surface area contributed by atoms with Crippen LogP contribution in [0.3, 0.4) is 0 Å². The molecule has 1 aromatic rings. The third-order valence-electron chi connectivity index (χ3n) is 4.80. The van der Waals surface area contributed by atoms with E-state index in [2.05, 4.69) is 11.9 Å². The molecule has 0 radical (unpaired) electrons. The van der Waals surface area contributed by atoms with Crippen molar-refractivity contribution in [3.05, 3.63) is 15.8 Å². The molecule has 3 rings (SSSR count). The fourth-order valence-electron chi connectivity index (χ4n) is 3.59. The summed E-state index contributed by atoms with van der Waals surface area (Å²) in [6, 6.07) is 2.50. The fraction of sp³-hybridized carbons (Fsp3) is 0.667. The molecule has 2 aliphatic rings. The first-order valence-electron chi connectivity index (χ1n) is 7.41. The lowest BCUT2D eigenvalue weighted by molar-refractivity contribution is 0.0320. The molecule has 3 heterocycles. The molecule has 1 aromatic heterocycles. The molecule has 2 fully saturated rings. The van der Waals surface area contributed by atoms with E-state index in [-0.39, 0.29) is 5.91 Å². The molecule has 5 heteroatoms. The number of carbonyl (C=O) groups excluding carboxylic acids is 1. The quantitative estimate of drug-likeness (QED) is 0.863. The summed E-state index contributed by atoms with van der Waals surface area (Å²) in [6.07, 6.45) is 3.61. The van der Waals surface area contributed by atoms with Gasteiger partial charge in [0, 0.05) is 29.7 Å². The number of piperidine rings is 2. The van der Waals surface area contributed by atoms with E-state index in [0.717, 1.165) is 35.0 Å². The fourth-order valence-corrected chi connectivity index (χ4v) is 4.50. The molecular formula is C15H23N3OS. The zero-order valence-electron chi connectivity index (χ0n) is 12.3. The molecule has 0 bridgehead atoms. The van der Waals surface area contributed by atoms with Crippen molar-refractivity contribution >= 4 is 22.9 Å². The Labute approximate surface area is 124 Å². The number of nitrogen functional groups attached to an aromatic ring is 1. The topological polar surface area (TPSA) is 49.6 Å². The van der Waals surface area contributed by atoms with Crippen molar-refractivity contribution in [2.75, 3.05) is 32.4 Å². The molecular weight excluding hydrogens is 270 g/mol. The van der Waals surface area contributed by atoms with Crippen LogP contribution in [0.5, 0.6) is 0 Å². The van der Waals surface area contributed by atoms with Crippen LogP contribution in [-0.4, -0.2) is 48.4 Å². The van der Waals surface area contributed by atoms with E-state index in [1.807, 2.05) is 17.9 Å². The summed E-state index contributed by atoms with van der Waals surface area (Å²) in [5, 5.41) is 0. The molecule has 0 aliphatic carbocycles. The van der Waals surface area contributed by atoms with Gasteiger partial charge in [-0.05, 0) is 51.8 Å². The molecule has 2 aliphatic heterocycles. The highest BCUT2D eigenvalue weighted by atomic mass is 32.1. The van der Waals surface area contributed by atoms with Crippen LogP contribution in [0.1, 0.15) is 33.8 Å². The Bertz CT molecular complexity index is 494. The van der Waals surface area contributed by atoms with Gasteiger partial charge in [0.2, 0.25) is 0 Å². The number of hydrogen-bond donors (Lipinski definition) is 1. The molecule has 0 aromatic carbocycles. The number of nitrogens with two attached hydrogens (primary N) is 1. The number of fused-ring (bicyclic) bond motifs is 1. The smallest absolute Gasteiger partial charge is 0.264 e. The van der Waals surface area contributed by atoms with E-state index >= 15 is 0 Å². The average molecular weight is 293 g/mol. The van der Waals surface area contributed by atoms with Crippen molar-refractivity contribution in [2.45, 2.75) is 32.2 Å². The van der Waals surface area contributed by atoms with Crippen LogP contribution in [-0.2, 0) is 0 Å². The maximum absolute atomic E-state index is 12.6. The zero-order chi connectivity index (χ0) is 14.3. The van der Waals surface area contributed by atoms with Crippen LogP contribution in [0.25, 0.3) is 0 Å². The van der Waals surface area contributed by atoms with Gasteiger partial charge in [-0.2, -0.15) is 0 Å². The van der Waals surface area contributed by atoms with Crippen LogP contribution >= 0.6 is 11.3 Å². The molecule has 0 saturated carbocycles. The summed E-state index contributed by atoms with van der Waals surface area (Å²) in [6.45, 7) is 4.96. The first-order chi connectivity index (χ1) is 9.56. The third-order valence-corrected chi connectivity index (χ3v) is 5.85. The second-order valence-corrected chi connectivity index (χ2v) is 7.37. The summed E-state index contributed by atoms with van der Waals surface area (Å²) in [5.41, 5.74) is 6.61. The Morgan fingerprint density at radius 1 is 1.40 bits per heavy atom. The van der Waals surface area contributed by atoms with Gasteiger partial charge in [-0.3, -0.25) is 4.79 Å². The van der Waals surface area contributed by atoms with E-state index in [0.29, 0.717) is 12.0 Å². The van der Waals surface area contributed by atoms with Gasteiger partial charge in [-0.25, -0.2) is 0 Å². The number of nitrogens with zero attached hydrogens (tertiary/aromatic N) is 2. The van der Waals surface area contributed by atoms with Crippen LogP contribution in [0, 0.1) is 12.8 Å². The summed E-state index contributed by atoms with van der Waals surface area (Å²) in [7, 11) is 2.22. The van der Waals surface area contributed by atoms with Crippen molar-refractivity contribution in [3.63, 3.8) is 0 Å². The normalized spacial score (nSPS) is 27.4. The van der Waals surface area contributed by atoms with Crippen molar-refractivity contribution in [3.8, 4) is 0 Å². The van der Waals surface area contributed by atoms with Crippen molar-refractivity contribution in [1.82, 2.24) is 9.80 Å². The summed E-state index contributed by atoms with van der Waals surface area (Å²) < 4.78 is 0. The standard InChI is InChI=1S/C15H23N3OS/c1-10-12(16)8-14(20-10)15(19)18-7-5-13-11(9-18)4-3-6-17(13)2/h8,11,13H,3-7,9,16H2,1-2H3. The number of hydrogen-bond acceptors (Lipinski definition) is 4. The van der Waals surface area contributed by atoms with E-state index in [1.54, 1.807) is 0 Å². The van der Waals surface area contributed by atoms with Gasteiger partial charge in [0.1, 0.15) is 0 Å². The summed E-state index contributed by atoms with van der Waals surface area (Å²) >= 11 is 1.52. The predicted octanol–water partition coefficient (Wildman–Crippen LogP) is 2.20. The van der Waals surface area contributed by atoms with Crippen LogP contribution in [0.15, 0.2) is 6.07 Å². The van der Waals surface area contributed by atoms with E-state index in [4.69, 9.17) is 5.73 Å². The zero-order valence-corrected chi connectivity index (χ0v) is 13.1. The number of aryl methyl sites for hydroxylation is 1. The van der Waals surface area contributed by atoms with Crippen LogP contribution in [0.2, 0.25) is 0 Å². The minimum Gasteiger partial charge on any atom is -0.398 e. The van der Waals surface area contributed by atoms with Gasteiger partial charge < -0.3 is 15.5 Å².